The van der Waals surface area contributed by atoms with Gasteiger partial charge in [-0.2, -0.15) is 13.2 Å². The minimum atomic E-state index is -4.58. The Morgan fingerprint density at radius 2 is 1.69 bits per heavy atom. The van der Waals surface area contributed by atoms with Crippen molar-refractivity contribution < 1.29 is 26.4 Å². The monoisotopic (exact) mass is 511 g/mol. The summed E-state index contributed by atoms with van der Waals surface area (Å²) in [6, 6.07) is 12.3. The van der Waals surface area contributed by atoms with E-state index < -0.39 is 21.8 Å². The van der Waals surface area contributed by atoms with Crippen LogP contribution >= 0.6 is 0 Å². The third-order valence-corrected chi connectivity index (χ3v) is 7.19. The number of rotatable bonds is 10. The molecule has 35 heavy (non-hydrogen) atoms. The van der Waals surface area contributed by atoms with Crippen molar-refractivity contribution in [1.82, 2.24) is 10.2 Å². The molecular formula is C25H32F3N3O3S. The number of amides is 1. The Hall–Kier alpha value is -2.59. The molecule has 1 amide bonds. The lowest BCUT2D eigenvalue weighted by Crippen LogP contribution is -2.32. The Morgan fingerprint density at radius 1 is 1.03 bits per heavy atom. The molecule has 0 aliphatic carbocycles. The topological polar surface area (TPSA) is 69.7 Å². The van der Waals surface area contributed by atoms with Crippen LogP contribution < -0.4 is 9.62 Å². The van der Waals surface area contributed by atoms with Gasteiger partial charge in [0, 0.05) is 26.1 Å². The van der Waals surface area contributed by atoms with E-state index in [1.165, 1.54) is 37.0 Å². The lowest BCUT2D eigenvalue weighted by Gasteiger charge is -2.26. The van der Waals surface area contributed by atoms with Crippen molar-refractivity contribution in [2.75, 3.05) is 30.2 Å². The number of piperidine rings is 1. The molecule has 0 saturated carbocycles. The molecule has 1 aliphatic rings. The molecule has 1 N–H and O–H groups in total. The van der Waals surface area contributed by atoms with Crippen LogP contribution in [-0.4, -0.2) is 45.1 Å². The predicted octanol–water partition coefficient (Wildman–Crippen LogP) is 4.55. The number of halogens is 3. The van der Waals surface area contributed by atoms with Crippen LogP contribution in [0.1, 0.15) is 48.8 Å². The average Bonchev–Trinajstić information content (AvgIpc) is 2.81. The maximum atomic E-state index is 13.0. The number of hydrogen-bond donors (Lipinski definition) is 1. The summed E-state index contributed by atoms with van der Waals surface area (Å²) >= 11 is 0. The summed E-state index contributed by atoms with van der Waals surface area (Å²) in [6.07, 6.45) is 0.361. The molecule has 10 heteroatoms. The number of anilines is 1. The molecule has 0 spiro atoms. The molecule has 1 aliphatic heterocycles. The third-order valence-electron chi connectivity index (χ3n) is 5.99. The van der Waals surface area contributed by atoms with E-state index in [9.17, 15) is 26.4 Å². The van der Waals surface area contributed by atoms with E-state index in [0.29, 0.717) is 6.54 Å². The number of carbonyl (C=O) groups is 1. The Kier molecular flexibility index (Phi) is 9.18. The maximum Gasteiger partial charge on any atom is 0.416 e. The summed E-state index contributed by atoms with van der Waals surface area (Å²) < 4.78 is 64.3. The molecule has 0 unspecified atom stereocenters. The zero-order valence-electron chi connectivity index (χ0n) is 19.9. The first kappa shape index (κ1) is 27.0. The fourth-order valence-corrected chi connectivity index (χ4v) is 5.09. The molecule has 1 fully saturated rings. The Labute approximate surface area is 205 Å². The van der Waals surface area contributed by atoms with Crippen LogP contribution in [0.4, 0.5) is 18.9 Å². The number of nitrogens with one attached hydrogen (secondary N) is 1. The second-order valence-corrected chi connectivity index (χ2v) is 10.8. The van der Waals surface area contributed by atoms with Crippen molar-refractivity contribution in [3.05, 3.63) is 65.2 Å². The van der Waals surface area contributed by atoms with Gasteiger partial charge in [0.15, 0.2) is 0 Å². The van der Waals surface area contributed by atoms with Gasteiger partial charge in [-0.05, 0) is 61.7 Å². The van der Waals surface area contributed by atoms with E-state index in [0.717, 1.165) is 47.9 Å². The Bertz CT molecular complexity index is 1080. The molecule has 2 aromatic rings. The van der Waals surface area contributed by atoms with Crippen LogP contribution in [0.15, 0.2) is 48.5 Å². The van der Waals surface area contributed by atoms with Gasteiger partial charge in [0.05, 0.1) is 17.5 Å². The molecule has 0 radical (unpaired) electrons. The van der Waals surface area contributed by atoms with Crippen LogP contribution in [0, 0.1) is 0 Å². The van der Waals surface area contributed by atoms with Crippen LogP contribution in [0.3, 0.4) is 0 Å². The first-order valence-corrected chi connectivity index (χ1v) is 13.6. The number of nitrogens with zero attached hydrogens (tertiary/aromatic N) is 2. The lowest BCUT2D eigenvalue weighted by atomic mass is 10.1. The van der Waals surface area contributed by atoms with Gasteiger partial charge in [0.1, 0.15) is 0 Å². The molecule has 6 nitrogen and oxygen atoms in total. The highest BCUT2D eigenvalue weighted by atomic mass is 32.2. The molecule has 3 rings (SSSR count). The van der Waals surface area contributed by atoms with Crippen LogP contribution in [-0.2, 0) is 34.1 Å². The van der Waals surface area contributed by atoms with Gasteiger partial charge in [-0.25, -0.2) is 8.42 Å². The standard InChI is InChI=1S/C25H32F3N3O3S/c1-35(33,34)31(23-8-5-7-22(17-23)25(26,27)28)16-6-9-24(32)29-18-20-10-12-21(13-11-20)19-30-14-3-2-4-15-30/h5,7-8,10-13,17H,2-4,6,9,14-16,18-19H2,1H3,(H,29,32). The van der Waals surface area contributed by atoms with Crippen molar-refractivity contribution in [1.29, 1.82) is 0 Å². The number of benzene rings is 2. The third kappa shape index (κ3) is 8.54. The van der Waals surface area contributed by atoms with Gasteiger partial charge in [-0.3, -0.25) is 14.0 Å². The smallest absolute Gasteiger partial charge is 0.352 e. The first-order chi connectivity index (χ1) is 16.5. The van der Waals surface area contributed by atoms with Crippen molar-refractivity contribution in [3.63, 3.8) is 0 Å². The van der Waals surface area contributed by atoms with Crippen molar-refractivity contribution in [3.8, 4) is 0 Å². The van der Waals surface area contributed by atoms with E-state index in [1.807, 2.05) is 12.1 Å². The van der Waals surface area contributed by atoms with E-state index in [2.05, 4.69) is 22.3 Å². The van der Waals surface area contributed by atoms with Crippen molar-refractivity contribution in [2.45, 2.75) is 51.4 Å². The summed E-state index contributed by atoms with van der Waals surface area (Å²) in [5, 5.41) is 2.81. The molecule has 0 aromatic heterocycles. The number of carbonyl (C=O) groups excluding carboxylic acids is 1. The van der Waals surface area contributed by atoms with E-state index in [-0.39, 0.29) is 31.0 Å². The first-order valence-electron chi connectivity index (χ1n) is 11.7. The largest absolute Gasteiger partial charge is 0.416 e. The molecular weight excluding hydrogens is 479 g/mol. The van der Waals surface area contributed by atoms with E-state index in [4.69, 9.17) is 0 Å². The average molecular weight is 512 g/mol. The summed E-state index contributed by atoms with van der Waals surface area (Å²) in [5.41, 5.74) is 1.19. The second-order valence-electron chi connectivity index (χ2n) is 8.92. The summed E-state index contributed by atoms with van der Waals surface area (Å²) in [5.74, 6) is -0.250. The molecule has 0 bridgehead atoms. The van der Waals surface area contributed by atoms with E-state index >= 15 is 0 Å². The Balaban J connectivity index is 1.48. The van der Waals surface area contributed by atoms with Crippen molar-refractivity contribution >= 4 is 21.6 Å². The van der Waals surface area contributed by atoms with Gasteiger partial charge in [0.2, 0.25) is 15.9 Å². The zero-order chi connectivity index (χ0) is 25.5. The number of alkyl halides is 3. The summed E-state index contributed by atoms with van der Waals surface area (Å²) in [4.78, 5) is 14.7. The van der Waals surface area contributed by atoms with Gasteiger partial charge in [-0.1, -0.05) is 36.8 Å². The highest BCUT2D eigenvalue weighted by Gasteiger charge is 2.31. The second kappa shape index (κ2) is 11.9. The quantitative estimate of drug-likeness (QED) is 0.508. The lowest BCUT2D eigenvalue weighted by molar-refractivity contribution is -0.137. The van der Waals surface area contributed by atoms with Gasteiger partial charge >= 0.3 is 6.18 Å². The fraction of sp³-hybridized carbons (Fsp3) is 0.480. The molecule has 2 aromatic carbocycles. The maximum absolute atomic E-state index is 13.0. The predicted molar refractivity (Wildman–Crippen MR) is 130 cm³/mol. The molecule has 0 atom stereocenters. The summed E-state index contributed by atoms with van der Waals surface area (Å²) in [6.45, 7) is 3.44. The van der Waals surface area contributed by atoms with Crippen LogP contribution in [0.25, 0.3) is 0 Å². The van der Waals surface area contributed by atoms with Gasteiger partial charge in [0.25, 0.3) is 0 Å². The molecule has 1 saturated heterocycles. The van der Waals surface area contributed by atoms with Crippen molar-refractivity contribution in [2.24, 2.45) is 0 Å². The van der Waals surface area contributed by atoms with E-state index in [1.54, 1.807) is 0 Å². The number of likely N-dealkylation sites (tertiary alicyclic amines) is 1. The Morgan fingerprint density at radius 3 is 2.31 bits per heavy atom. The normalized spacial score (nSPS) is 15.1. The van der Waals surface area contributed by atoms with Crippen LogP contribution in [0.5, 0.6) is 0 Å². The fourth-order valence-electron chi connectivity index (χ4n) is 4.13. The summed E-state index contributed by atoms with van der Waals surface area (Å²) in [7, 11) is -3.82. The molecule has 1 heterocycles. The number of hydrogen-bond acceptors (Lipinski definition) is 4. The SMILES string of the molecule is CS(=O)(=O)N(CCCC(=O)NCc1ccc(CN2CCCCC2)cc1)c1cccc(C(F)(F)F)c1. The number of sulfonamides is 1. The zero-order valence-corrected chi connectivity index (χ0v) is 20.7. The minimum Gasteiger partial charge on any atom is -0.352 e. The van der Waals surface area contributed by atoms with Gasteiger partial charge in [-0.15, -0.1) is 0 Å². The highest BCUT2D eigenvalue weighted by molar-refractivity contribution is 7.92. The minimum absolute atomic E-state index is 0.0536. The van der Waals surface area contributed by atoms with Crippen LogP contribution in [0.2, 0.25) is 0 Å². The van der Waals surface area contributed by atoms with Gasteiger partial charge < -0.3 is 5.32 Å². The highest BCUT2D eigenvalue weighted by Crippen LogP contribution is 2.32. The molecule has 192 valence electrons.